The lowest BCUT2D eigenvalue weighted by Gasteiger charge is -2.32. The Morgan fingerprint density at radius 1 is 0.919 bits per heavy atom. The van der Waals surface area contributed by atoms with E-state index in [1.54, 1.807) is 12.1 Å². The van der Waals surface area contributed by atoms with Crippen molar-refractivity contribution in [1.82, 2.24) is 14.9 Å². The van der Waals surface area contributed by atoms with E-state index in [-0.39, 0.29) is 41.7 Å². The van der Waals surface area contributed by atoms with E-state index in [0.29, 0.717) is 30.9 Å². The fourth-order valence-corrected chi connectivity index (χ4v) is 5.80. The van der Waals surface area contributed by atoms with Crippen LogP contribution in [0.4, 0.5) is 5.69 Å². The largest absolute Gasteiger partial charge is 0.351 e. The molecule has 200 valence electrons. The van der Waals surface area contributed by atoms with Crippen LogP contribution in [-0.4, -0.2) is 55.6 Å². The van der Waals surface area contributed by atoms with Gasteiger partial charge in [0.1, 0.15) is 6.04 Å². The minimum Gasteiger partial charge on any atom is -0.351 e. The Balaban J connectivity index is 1.58. The van der Waals surface area contributed by atoms with Gasteiger partial charge in [-0.2, -0.15) is 4.31 Å². The first kappa shape index (κ1) is 28.3. The summed E-state index contributed by atoms with van der Waals surface area (Å²) >= 11 is 0. The van der Waals surface area contributed by atoms with Crippen molar-refractivity contribution in [2.45, 2.75) is 69.9 Å². The third kappa shape index (κ3) is 7.87. The monoisotopic (exact) mass is 528 g/mol. The van der Waals surface area contributed by atoms with Crippen molar-refractivity contribution in [3.8, 4) is 0 Å². The molecule has 1 aliphatic rings. The Morgan fingerprint density at radius 3 is 2.03 bits per heavy atom. The highest BCUT2D eigenvalue weighted by molar-refractivity contribution is 7.89. The van der Waals surface area contributed by atoms with Crippen LogP contribution in [0.25, 0.3) is 0 Å². The molecular formula is C27H36N4O5S. The maximum atomic E-state index is 13.1. The molecule has 3 rings (SSSR count). The van der Waals surface area contributed by atoms with E-state index in [1.165, 1.54) is 35.8 Å². The predicted octanol–water partition coefficient (Wildman–Crippen LogP) is 2.79. The highest BCUT2D eigenvalue weighted by atomic mass is 32.2. The number of carbonyl (C=O) groups is 3. The molecule has 0 spiro atoms. The standard InChI is InChI=1S/C27H36N4O5S/c1-18(2)22-7-5-21(6-8-22)17-26(29-20(4)33)27(34)30-24-13-15-31(16-14-24)37(35,36)25-11-9-23(10-12-25)28-19(3)32/h5-12,18,24,26H,13-17H2,1-4H3,(H,28,32)(H,29,33)(H,30,34)/t26-/m1/s1. The zero-order chi connectivity index (χ0) is 27.2. The summed E-state index contributed by atoms with van der Waals surface area (Å²) in [5.74, 6) is -0.395. The molecule has 3 N–H and O–H groups in total. The summed E-state index contributed by atoms with van der Waals surface area (Å²) in [5, 5.41) is 8.35. The SMILES string of the molecule is CC(=O)Nc1ccc(S(=O)(=O)N2CCC(NC(=O)[C@@H](Cc3ccc(C(C)C)cc3)NC(C)=O)CC2)cc1. The Labute approximate surface area is 219 Å². The third-order valence-electron chi connectivity index (χ3n) is 6.39. The fraction of sp³-hybridized carbons (Fsp3) is 0.444. The minimum atomic E-state index is -3.69. The van der Waals surface area contributed by atoms with Crippen molar-refractivity contribution in [1.29, 1.82) is 0 Å². The van der Waals surface area contributed by atoms with Gasteiger partial charge < -0.3 is 16.0 Å². The van der Waals surface area contributed by atoms with E-state index in [4.69, 9.17) is 0 Å². The Hall–Kier alpha value is -3.24. The Morgan fingerprint density at radius 2 is 1.51 bits per heavy atom. The number of benzene rings is 2. The van der Waals surface area contributed by atoms with Crippen molar-refractivity contribution < 1.29 is 22.8 Å². The van der Waals surface area contributed by atoms with Crippen LogP contribution in [0.1, 0.15) is 57.6 Å². The zero-order valence-electron chi connectivity index (χ0n) is 21.8. The van der Waals surface area contributed by atoms with Crippen molar-refractivity contribution in [3.63, 3.8) is 0 Å². The molecule has 2 aromatic rings. The molecule has 1 atom stereocenters. The minimum absolute atomic E-state index is 0.151. The van der Waals surface area contributed by atoms with Crippen LogP contribution < -0.4 is 16.0 Å². The highest BCUT2D eigenvalue weighted by Crippen LogP contribution is 2.23. The predicted molar refractivity (Wildman–Crippen MR) is 143 cm³/mol. The van der Waals surface area contributed by atoms with Crippen LogP contribution in [0.3, 0.4) is 0 Å². The lowest BCUT2D eigenvalue weighted by Crippen LogP contribution is -2.53. The van der Waals surface area contributed by atoms with Crippen LogP contribution in [-0.2, 0) is 30.8 Å². The average molecular weight is 529 g/mol. The number of hydrogen-bond donors (Lipinski definition) is 3. The summed E-state index contributed by atoms with van der Waals surface area (Å²) in [5.41, 5.74) is 2.68. The number of nitrogens with zero attached hydrogens (tertiary/aromatic N) is 1. The number of rotatable bonds is 9. The molecule has 0 bridgehead atoms. The molecule has 1 fully saturated rings. The molecular weight excluding hydrogens is 492 g/mol. The van der Waals surface area contributed by atoms with Crippen molar-refractivity contribution in [2.75, 3.05) is 18.4 Å². The average Bonchev–Trinajstić information content (AvgIpc) is 2.84. The second-order valence-corrected chi connectivity index (χ2v) is 11.7. The van der Waals surface area contributed by atoms with Gasteiger partial charge in [0.25, 0.3) is 0 Å². The Bertz CT molecular complexity index is 1200. The molecule has 37 heavy (non-hydrogen) atoms. The topological polar surface area (TPSA) is 125 Å². The van der Waals surface area contributed by atoms with Gasteiger partial charge in [-0.15, -0.1) is 0 Å². The van der Waals surface area contributed by atoms with E-state index in [1.807, 2.05) is 24.3 Å². The first-order valence-electron chi connectivity index (χ1n) is 12.5. The van der Waals surface area contributed by atoms with Gasteiger partial charge in [0, 0.05) is 45.1 Å². The molecule has 0 unspecified atom stereocenters. The second-order valence-electron chi connectivity index (χ2n) is 9.75. The maximum Gasteiger partial charge on any atom is 0.243 e. The molecule has 10 heteroatoms. The second kappa shape index (κ2) is 12.3. The number of carbonyl (C=O) groups excluding carboxylic acids is 3. The van der Waals surface area contributed by atoms with Crippen LogP contribution in [0.15, 0.2) is 53.4 Å². The molecule has 0 radical (unpaired) electrons. The normalized spacial score (nSPS) is 15.7. The van der Waals surface area contributed by atoms with Gasteiger partial charge >= 0.3 is 0 Å². The summed E-state index contributed by atoms with van der Waals surface area (Å²) in [6.07, 6.45) is 1.29. The number of piperidine rings is 1. The van der Waals surface area contributed by atoms with E-state index < -0.39 is 16.1 Å². The lowest BCUT2D eigenvalue weighted by atomic mass is 9.98. The van der Waals surface area contributed by atoms with Gasteiger partial charge in [-0.05, 0) is 54.2 Å². The van der Waals surface area contributed by atoms with Crippen molar-refractivity contribution >= 4 is 33.4 Å². The summed E-state index contributed by atoms with van der Waals surface area (Å²) < 4.78 is 27.5. The third-order valence-corrected chi connectivity index (χ3v) is 8.31. The molecule has 1 heterocycles. The summed E-state index contributed by atoms with van der Waals surface area (Å²) in [6.45, 7) is 7.53. The fourth-order valence-electron chi connectivity index (χ4n) is 4.33. The lowest BCUT2D eigenvalue weighted by molar-refractivity contribution is -0.128. The molecule has 0 aliphatic carbocycles. The smallest absolute Gasteiger partial charge is 0.243 e. The van der Waals surface area contributed by atoms with Gasteiger partial charge in [0.05, 0.1) is 4.90 Å². The maximum absolute atomic E-state index is 13.1. The number of nitrogens with one attached hydrogen (secondary N) is 3. The molecule has 2 aromatic carbocycles. The zero-order valence-corrected chi connectivity index (χ0v) is 22.6. The van der Waals surface area contributed by atoms with Crippen LogP contribution in [0.5, 0.6) is 0 Å². The van der Waals surface area contributed by atoms with E-state index in [9.17, 15) is 22.8 Å². The van der Waals surface area contributed by atoms with E-state index in [2.05, 4.69) is 29.8 Å². The number of sulfonamides is 1. The van der Waals surface area contributed by atoms with E-state index >= 15 is 0 Å². The van der Waals surface area contributed by atoms with E-state index in [0.717, 1.165) is 5.56 Å². The highest BCUT2D eigenvalue weighted by Gasteiger charge is 2.31. The summed E-state index contributed by atoms with van der Waals surface area (Å²) in [6, 6.07) is 13.2. The van der Waals surface area contributed by atoms with Gasteiger partial charge in [-0.3, -0.25) is 14.4 Å². The van der Waals surface area contributed by atoms with Gasteiger partial charge in [-0.25, -0.2) is 8.42 Å². The molecule has 1 saturated heterocycles. The molecule has 9 nitrogen and oxygen atoms in total. The Kier molecular flexibility index (Phi) is 9.45. The number of hydrogen-bond acceptors (Lipinski definition) is 5. The van der Waals surface area contributed by atoms with Crippen LogP contribution in [0.2, 0.25) is 0 Å². The van der Waals surface area contributed by atoms with Gasteiger partial charge in [-0.1, -0.05) is 38.1 Å². The molecule has 3 amide bonds. The molecule has 0 aromatic heterocycles. The first-order valence-corrected chi connectivity index (χ1v) is 13.9. The van der Waals surface area contributed by atoms with Crippen LogP contribution in [0, 0.1) is 0 Å². The van der Waals surface area contributed by atoms with Crippen molar-refractivity contribution in [3.05, 3.63) is 59.7 Å². The molecule has 0 saturated carbocycles. The van der Waals surface area contributed by atoms with Gasteiger partial charge in [0.15, 0.2) is 0 Å². The molecule has 1 aliphatic heterocycles. The number of amides is 3. The quantitative estimate of drug-likeness (QED) is 0.462. The van der Waals surface area contributed by atoms with Gasteiger partial charge in [0.2, 0.25) is 27.7 Å². The van der Waals surface area contributed by atoms with Crippen molar-refractivity contribution in [2.24, 2.45) is 0 Å². The summed E-state index contributed by atoms with van der Waals surface area (Å²) in [7, 11) is -3.69. The summed E-state index contributed by atoms with van der Waals surface area (Å²) in [4.78, 5) is 36.1. The van der Waals surface area contributed by atoms with Crippen LogP contribution >= 0.6 is 0 Å². The number of anilines is 1. The first-order chi connectivity index (χ1) is 17.5.